The van der Waals surface area contributed by atoms with Gasteiger partial charge in [0.25, 0.3) is 0 Å². The van der Waals surface area contributed by atoms with Gasteiger partial charge in [-0.05, 0) is 74.8 Å². The Bertz CT molecular complexity index is 2390. The number of furan rings is 1. The van der Waals surface area contributed by atoms with E-state index in [1.54, 1.807) is 0 Å². The largest absolute Gasteiger partial charge is 0.456 e. The lowest BCUT2D eigenvalue weighted by molar-refractivity contribution is 0.669. The van der Waals surface area contributed by atoms with Crippen molar-refractivity contribution in [3.05, 3.63) is 121 Å². The Kier molecular flexibility index (Phi) is 4.05. The molecule has 0 spiro atoms. The van der Waals surface area contributed by atoms with Gasteiger partial charge in [0.15, 0.2) is 0 Å². The third-order valence-electron chi connectivity index (χ3n) is 7.96. The lowest BCUT2D eigenvalue weighted by Crippen LogP contribution is -1.95. The molecule has 3 heteroatoms. The van der Waals surface area contributed by atoms with Crippen LogP contribution in [0, 0.1) is 0 Å². The summed E-state index contributed by atoms with van der Waals surface area (Å²) < 4.78 is 6.53. The van der Waals surface area contributed by atoms with Gasteiger partial charge >= 0.3 is 0 Å². The van der Waals surface area contributed by atoms with E-state index in [1.807, 2.05) is 42.5 Å². The molecule has 9 rings (SSSR count). The predicted molar refractivity (Wildman–Crippen MR) is 161 cm³/mol. The van der Waals surface area contributed by atoms with Gasteiger partial charge in [-0.25, -0.2) is 9.97 Å². The van der Waals surface area contributed by atoms with Crippen LogP contribution in [0.25, 0.3) is 87.8 Å². The van der Waals surface area contributed by atoms with Crippen LogP contribution < -0.4 is 0 Å². The molecule has 0 fully saturated rings. The number of hydrogen-bond acceptors (Lipinski definition) is 3. The van der Waals surface area contributed by atoms with Gasteiger partial charge in [-0.1, -0.05) is 78.9 Å². The first-order chi connectivity index (χ1) is 19.3. The van der Waals surface area contributed by atoms with Crippen molar-refractivity contribution in [1.29, 1.82) is 0 Å². The van der Waals surface area contributed by atoms with Gasteiger partial charge < -0.3 is 4.42 Å². The average molecular weight is 497 g/mol. The number of aromatic nitrogens is 2. The van der Waals surface area contributed by atoms with Crippen LogP contribution >= 0.6 is 0 Å². The minimum Gasteiger partial charge on any atom is -0.456 e. The van der Waals surface area contributed by atoms with Crippen molar-refractivity contribution in [2.45, 2.75) is 0 Å². The molecule has 0 saturated carbocycles. The molecular weight excluding hydrogens is 476 g/mol. The molecular formula is C36H20N2O. The maximum Gasteiger partial charge on any atom is 0.136 e. The molecule has 0 aliphatic carbocycles. The molecule has 180 valence electrons. The van der Waals surface area contributed by atoms with E-state index in [0.29, 0.717) is 0 Å². The average Bonchev–Trinajstić information content (AvgIpc) is 3.38. The van der Waals surface area contributed by atoms with Gasteiger partial charge in [-0.3, -0.25) is 0 Å². The number of benzene rings is 7. The minimum atomic E-state index is 0.853. The Hall–Kier alpha value is -5.28. The molecule has 0 radical (unpaired) electrons. The highest BCUT2D eigenvalue weighted by Crippen LogP contribution is 2.45. The fourth-order valence-electron chi connectivity index (χ4n) is 6.20. The number of fused-ring (bicyclic) bond motifs is 5. The molecule has 9 aromatic rings. The second-order valence-corrected chi connectivity index (χ2v) is 10.2. The molecule has 0 bridgehead atoms. The van der Waals surface area contributed by atoms with E-state index in [1.165, 1.54) is 43.1 Å². The second-order valence-electron chi connectivity index (χ2n) is 10.2. The molecule has 3 nitrogen and oxygen atoms in total. The van der Waals surface area contributed by atoms with Gasteiger partial charge in [-0.15, -0.1) is 0 Å². The predicted octanol–water partition coefficient (Wildman–Crippen LogP) is 9.76. The summed E-state index contributed by atoms with van der Waals surface area (Å²) in [5.74, 6) is 0. The van der Waals surface area contributed by atoms with Crippen molar-refractivity contribution < 1.29 is 4.42 Å². The van der Waals surface area contributed by atoms with Crippen molar-refractivity contribution >= 4 is 65.3 Å². The Morgan fingerprint density at radius 3 is 1.77 bits per heavy atom. The highest BCUT2D eigenvalue weighted by Gasteiger charge is 2.21. The zero-order valence-electron chi connectivity index (χ0n) is 20.8. The fourth-order valence-corrected chi connectivity index (χ4v) is 6.20. The van der Waals surface area contributed by atoms with Gasteiger partial charge in [0.05, 0.1) is 22.4 Å². The van der Waals surface area contributed by atoms with Crippen LogP contribution in [-0.4, -0.2) is 9.97 Å². The lowest BCUT2D eigenvalue weighted by Gasteiger charge is -2.13. The molecule has 0 aliphatic rings. The summed E-state index contributed by atoms with van der Waals surface area (Å²) in [4.78, 5) is 10.3. The van der Waals surface area contributed by atoms with Crippen LogP contribution in [-0.2, 0) is 0 Å². The summed E-state index contributed by atoms with van der Waals surface area (Å²) in [6, 6.07) is 42.4. The van der Waals surface area contributed by atoms with Crippen LogP contribution in [0.3, 0.4) is 0 Å². The monoisotopic (exact) mass is 496 g/mol. The molecule has 0 N–H and O–H groups in total. The third kappa shape index (κ3) is 2.93. The molecule has 7 aromatic carbocycles. The van der Waals surface area contributed by atoms with Crippen LogP contribution in [0.15, 0.2) is 126 Å². The van der Waals surface area contributed by atoms with E-state index >= 15 is 0 Å². The number of rotatable bonds is 2. The molecule has 2 aromatic heterocycles. The molecule has 0 aliphatic heterocycles. The van der Waals surface area contributed by atoms with Gasteiger partial charge in [0.1, 0.15) is 11.2 Å². The first-order valence-corrected chi connectivity index (χ1v) is 13.2. The molecule has 0 amide bonds. The SMILES string of the molecule is c1ccc(-c2nc3ccccc3nc2-c2cc3oc4cccc5c6cc7ccccc7cc6c(c2)c3c45)cc1. The van der Waals surface area contributed by atoms with Crippen molar-refractivity contribution in [3.63, 3.8) is 0 Å². The number of hydrogen-bond donors (Lipinski definition) is 0. The van der Waals surface area contributed by atoms with E-state index in [9.17, 15) is 0 Å². The minimum absolute atomic E-state index is 0.853. The molecule has 0 saturated heterocycles. The third-order valence-corrected chi connectivity index (χ3v) is 7.96. The molecule has 0 atom stereocenters. The topological polar surface area (TPSA) is 38.9 Å². The molecule has 39 heavy (non-hydrogen) atoms. The van der Waals surface area contributed by atoms with Crippen LogP contribution in [0.5, 0.6) is 0 Å². The highest BCUT2D eigenvalue weighted by atomic mass is 16.3. The van der Waals surface area contributed by atoms with E-state index in [-0.39, 0.29) is 0 Å². The first-order valence-electron chi connectivity index (χ1n) is 13.2. The van der Waals surface area contributed by atoms with E-state index < -0.39 is 0 Å². The summed E-state index contributed by atoms with van der Waals surface area (Å²) in [5.41, 5.74) is 7.30. The second kappa shape index (κ2) is 7.62. The summed E-state index contributed by atoms with van der Waals surface area (Å²) in [7, 11) is 0. The Morgan fingerprint density at radius 1 is 0.410 bits per heavy atom. The normalized spacial score (nSPS) is 12.1. The Morgan fingerprint density at radius 2 is 1.03 bits per heavy atom. The molecule has 2 heterocycles. The van der Waals surface area contributed by atoms with Crippen molar-refractivity contribution in [1.82, 2.24) is 9.97 Å². The molecule has 0 unspecified atom stereocenters. The van der Waals surface area contributed by atoms with Gasteiger partial charge in [0, 0.05) is 21.9 Å². The summed E-state index contributed by atoms with van der Waals surface area (Å²) in [6.45, 7) is 0. The summed E-state index contributed by atoms with van der Waals surface area (Å²) >= 11 is 0. The lowest BCUT2D eigenvalue weighted by atomic mass is 9.90. The zero-order valence-corrected chi connectivity index (χ0v) is 20.8. The first kappa shape index (κ1) is 20.7. The Balaban J connectivity index is 1.46. The van der Waals surface area contributed by atoms with Crippen LogP contribution in [0.2, 0.25) is 0 Å². The number of para-hydroxylation sites is 2. The summed E-state index contributed by atoms with van der Waals surface area (Å²) in [6.07, 6.45) is 0. The number of nitrogens with zero attached hydrogens (tertiary/aromatic N) is 2. The Labute approximate surface area is 223 Å². The van der Waals surface area contributed by atoms with Crippen molar-refractivity contribution in [2.75, 3.05) is 0 Å². The van der Waals surface area contributed by atoms with Crippen LogP contribution in [0.4, 0.5) is 0 Å². The standard InChI is InChI=1S/C36H20N2O/c1-2-9-21(10-3-1)35-36(38-30-15-7-6-14-29(30)37-35)24-19-28-27-18-23-12-5-4-11-22(23)17-26(27)25-13-8-16-31-33(25)34(28)32(20-24)39-31/h1-20H. The van der Waals surface area contributed by atoms with Crippen molar-refractivity contribution in [2.24, 2.45) is 0 Å². The smallest absolute Gasteiger partial charge is 0.136 e. The van der Waals surface area contributed by atoms with Crippen molar-refractivity contribution in [3.8, 4) is 22.5 Å². The maximum absolute atomic E-state index is 6.53. The van der Waals surface area contributed by atoms with Gasteiger partial charge in [-0.2, -0.15) is 0 Å². The summed E-state index contributed by atoms with van der Waals surface area (Å²) in [5, 5.41) is 9.67. The van der Waals surface area contributed by atoms with E-state index in [2.05, 4.69) is 78.9 Å². The van der Waals surface area contributed by atoms with E-state index in [4.69, 9.17) is 14.4 Å². The maximum atomic E-state index is 6.53. The van der Waals surface area contributed by atoms with E-state index in [0.717, 1.165) is 44.7 Å². The fraction of sp³-hybridized carbons (Fsp3) is 0. The van der Waals surface area contributed by atoms with Gasteiger partial charge in [0.2, 0.25) is 0 Å². The zero-order chi connectivity index (χ0) is 25.5. The highest BCUT2D eigenvalue weighted by molar-refractivity contribution is 6.34. The quantitative estimate of drug-likeness (QED) is 0.177. The van der Waals surface area contributed by atoms with Crippen LogP contribution in [0.1, 0.15) is 0 Å².